The number of rotatable bonds is 11. The van der Waals surface area contributed by atoms with Crippen LogP contribution in [0.25, 0.3) is 0 Å². The number of benzene rings is 2. The van der Waals surface area contributed by atoms with Crippen molar-refractivity contribution in [3.63, 3.8) is 0 Å². The van der Waals surface area contributed by atoms with Crippen LogP contribution >= 0.6 is 0 Å². The van der Waals surface area contributed by atoms with E-state index in [1.165, 1.54) is 0 Å². The largest absolute Gasteiger partial charge is 0.366 e. The first-order valence-corrected chi connectivity index (χ1v) is 14.1. The number of carbonyl (C=O) groups excluding carboxylic acids is 3. The van der Waals surface area contributed by atoms with Gasteiger partial charge in [0.2, 0.25) is 17.7 Å². The molecular formula is C30H39N9O3. The molecule has 2 unspecified atom stereocenters. The van der Waals surface area contributed by atoms with Gasteiger partial charge >= 0.3 is 0 Å². The molecule has 0 bridgehead atoms. The Morgan fingerprint density at radius 3 is 2.24 bits per heavy atom. The second-order valence-electron chi connectivity index (χ2n) is 11.2. The van der Waals surface area contributed by atoms with E-state index in [1.807, 2.05) is 43.2 Å². The molecule has 1 saturated heterocycles. The zero-order valence-electron chi connectivity index (χ0n) is 24.4. The summed E-state index contributed by atoms with van der Waals surface area (Å²) in [6, 6.07) is 12.8. The van der Waals surface area contributed by atoms with Crippen LogP contribution in [0.15, 0.2) is 46.7 Å². The average molecular weight is 574 g/mol. The zero-order valence-corrected chi connectivity index (χ0v) is 24.4. The van der Waals surface area contributed by atoms with Crippen molar-refractivity contribution in [2.45, 2.75) is 56.5 Å². The van der Waals surface area contributed by atoms with Crippen LogP contribution in [-0.2, 0) is 23.1 Å². The van der Waals surface area contributed by atoms with Crippen LogP contribution < -0.4 is 22.3 Å². The maximum absolute atomic E-state index is 13.0. The van der Waals surface area contributed by atoms with Gasteiger partial charge in [-0.05, 0) is 85.5 Å². The lowest BCUT2D eigenvalue weighted by molar-refractivity contribution is -0.130. The molecule has 1 aliphatic carbocycles. The van der Waals surface area contributed by atoms with Gasteiger partial charge in [-0.15, -0.1) is 0 Å². The van der Waals surface area contributed by atoms with Gasteiger partial charge in [0.25, 0.3) is 0 Å². The van der Waals surface area contributed by atoms with Gasteiger partial charge in [0, 0.05) is 42.7 Å². The summed E-state index contributed by atoms with van der Waals surface area (Å²) in [6.45, 7) is 3.17. The number of hydrogen-bond donors (Lipinski definition) is 4. The van der Waals surface area contributed by atoms with Crippen LogP contribution in [0.2, 0.25) is 0 Å². The first kappa shape index (κ1) is 30.6. The van der Waals surface area contributed by atoms with Crippen LogP contribution in [-0.4, -0.2) is 73.4 Å². The Morgan fingerprint density at radius 1 is 1.12 bits per heavy atom. The second kappa shape index (κ2) is 13.1. The Balaban J connectivity index is 1.78. The van der Waals surface area contributed by atoms with Crippen molar-refractivity contribution >= 4 is 17.7 Å². The molecule has 12 nitrogen and oxygen atoms in total. The predicted molar refractivity (Wildman–Crippen MR) is 157 cm³/mol. The maximum atomic E-state index is 13.0. The number of likely N-dealkylation sites (N-methyl/N-ethyl adjacent to an activating group) is 1. The van der Waals surface area contributed by atoms with Gasteiger partial charge in [-0.2, -0.15) is 10.4 Å². The van der Waals surface area contributed by atoms with Crippen LogP contribution in [0, 0.1) is 11.3 Å². The monoisotopic (exact) mass is 573 g/mol. The van der Waals surface area contributed by atoms with Crippen molar-refractivity contribution in [2.24, 2.45) is 21.8 Å². The number of nitrogens with zero attached hydrogens (tertiary/aromatic N) is 5. The zero-order chi connectivity index (χ0) is 30.4. The van der Waals surface area contributed by atoms with Crippen molar-refractivity contribution in [1.29, 1.82) is 5.26 Å². The highest BCUT2D eigenvalue weighted by Gasteiger charge is 2.42. The topological polar surface area (TPSA) is 182 Å². The quantitative estimate of drug-likeness (QED) is 0.232. The number of carbonyl (C=O) groups is 3. The number of amides is 3. The number of nitriles is 1. The SMILES string of the molecule is CN=NNN(C)CC1(CC(C)NCC(=O)N2CCCC2C#N)c2ccc(C(N)=O)cc2CCc2cc(C(N)=O)ccc21. The van der Waals surface area contributed by atoms with Gasteiger partial charge in [0.1, 0.15) is 6.04 Å². The molecule has 2 aromatic rings. The molecule has 6 N–H and O–H groups in total. The molecule has 4 rings (SSSR count). The first-order valence-electron chi connectivity index (χ1n) is 14.1. The summed E-state index contributed by atoms with van der Waals surface area (Å²) in [4.78, 5) is 38.9. The summed E-state index contributed by atoms with van der Waals surface area (Å²) in [5, 5.41) is 22.5. The Morgan fingerprint density at radius 2 is 1.71 bits per heavy atom. The fourth-order valence-corrected chi connectivity index (χ4v) is 6.43. The summed E-state index contributed by atoms with van der Waals surface area (Å²) in [7, 11) is 3.44. The van der Waals surface area contributed by atoms with E-state index in [2.05, 4.69) is 27.3 Å². The lowest BCUT2D eigenvalue weighted by atomic mass is 9.68. The average Bonchev–Trinajstić information content (AvgIpc) is 3.41. The van der Waals surface area contributed by atoms with Crippen LogP contribution in [0.3, 0.4) is 0 Å². The van der Waals surface area contributed by atoms with Crippen molar-refractivity contribution in [1.82, 2.24) is 20.8 Å². The molecule has 0 radical (unpaired) electrons. The number of aryl methyl sites for hydroxylation is 2. The highest BCUT2D eigenvalue weighted by Crippen LogP contribution is 2.44. The molecule has 222 valence electrons. The summed E-state index contributed by atoms with van der Waals surface area (Å²) in [5.74, 6) is -1.11. The van der Waals surface area contributed by atoms with Gasteiger partial charge < -0.3 is 21.7 Å². The van der Waals surface area contributed by atoms with Crippen molar-refractivity contribution in [3.8, 4) is 6.07 Å². The van der Waals surface area contributed by atoms with Gasteiger partial charge in [-0.1, -0.05) is 17.4 Å². The summed E-state index contributed by atoms with van der Waals surface area (Å²) in [5.41, 5.74) is 18.4. The number of nitrogens with two attached hydrogens (primary N) is 2. The number of likely N-dealkylation sites (tertiary alicyclic amines) is 1. The Labute approximate surface area is 246 Å². The van der Waals surface area contributed by atoms with E-state index < -0.39 is 17.2 Å². The van der Waals surface area contributed by atoms with Crippen molar-refractivity contribution < 1.29 is 14.4 Å². The smallest absolute Gasteiger partial charge is 0.248 e. The maximum Gasteiger partial charge on any atom is 0.248 e. The third-order valence-corrected chi connectivity index (χ3v) is 8.28. The lowest BCUT2D eigenvalue weighted by Gasteiger charge is -2.41. The van der Waals surface area contributed by atoms with E-state index in [-0.39, 0.29) is 24.5 Å². The summed E-state index contributed by atoms with van der Waals surface area (Å²) < 4.78 is 0. The minimum Gasteiger partial charge on any atom is -0.366 e. The Kier molecular flexibility index (Phi) is 9.55. The van der Waals surface area contributed by atoms with Crippen LogP contribution in [0.4, 0.5) is 0 Å². The fourth-order valence-electron chi connectivity index (χ4n) is 6.43. The molecule has 2 aromatic carbocycles. The molecule has 0 saturated carbocycles. The number of nitrogens with one attached hydrogen (secondary N) is 2. The summed E-state index contributed by atoms with van der Waals surface area (Å²) in [6.07, 6.45) is 3.34. The molecule has 1 fully saturated rings. The van der Waals surface area contributed by atoms with Gasteiger partial charge in [0.05, 0.1) is 19.7 Å². The molecule has 0 aromatic heterocycles. The minimum absolute atomic E-state index is 0.0963. The van der Waals surface area contributed by atoms with Crippen LogP contribution in [0.5, 0.6) is 0 Å². The third kappa shape index (κ3) is 6.42. The minimum atomic E-state index is -0.670. The Hall–Kier alpha value is -4.34. The normalized spacial score (nSPS) is 18.2. The fraction of sp³-hybridized carbons (Fsp3) is 0.467. The molecular weight excluding hydrogens is 534 g/mol. The first-order chi connectivity index (χ1) is 20.1. The van der Waals surface area contributed by atoms with Crippen molar-refractivity contribution in [3.05, 3.63) is 69.8 Å². The molecule has 1 heterocycles. The number of fused-ring (bicyclic) bond motifs is 2. The van der Waals surface area contributed by atoms with Gasteiger partial charge in [-0.3, -0.25) is 14.4 Å². The number of hydrazine groups is 1. The highest BCUT2D eigenvalue weighted by molar-refractivity contribution is 5.94. The molecule has 1 aliphatic heterocycles. The molecule has 0 spiro atoms. The lowest BCUT2D eigenvalue weighted by Crippen LogP contribution is -2.49. The van der Waals surface area contributed by atoms with E-state index in [9.17, 15) is 19.6 Å². The van der Waals surface area contributed by atoms with E-state index >= 15 is 0 Å². The van der Waals surface area contributed by atoms with Crippen LogP contribution in [0.1, 0.15) is 69.2 Å². The molecule has 42 heavy (non-hydrogen) atoms. The molecule has 3 amide bonds. The van der Waals surface area contributed by atoms with E-state index in [0.717, 1.165) is 28.7 Å². The standard InChI is InChI=1S/C30H39N9O3/c1-19(35-17-27(40)39-12-4-5-24(39)16-31)15-30(18-38(3)37-36-34-2)25-10-8-22(28(32)41)13-20(25)6-7-21-14-23(29(33)42)9-11-26(21)30/h8-11,13-14,19,24,35H,4-7,12,15,17-18H2,1-3H3,(H2,32,41)(H2,33,42)(H,34,37). The number of primary amides is 2. The van der Waals surface area contributed by atoms with Gasteiger partial charge in [0.15, 0.2) is 0 Å². The predicted octanol–water partition coefficient (Wildman–Crippen LogP) is 1.59. The van der Waals surface area contributed by atoms with E-state index in [1.54, 1.807) is 24.1 Å². The van der Waals surface area contributed by atoms with E-state index in [4.69, 9.17) is 11.5 Å². The van der Waals surface area contributed by atoms with E-state index in [0.29, 0.717) is 49.9 Å². The molecule has 2 aliphatic rings. The number of hydrogen-bond acceptors (Lipinski definition) is 8. The van der Waals surface area contributed by atoms with Gasteiger partial charge in [-0.25, -0.2) is 10.5 Å². The van der Waals surface area contributed by atoms with Crippen molar-refractivity contribution in [2.75, 3.05) is 33.7 Å². The second-order valence-corrected chi connectivity index (χ2v) is 11.2. The Bertz CT molecular complexity index is 1350. The highest BCUT2D eigenvalue weighted by atomic mass is 16.2. The molecule has 12 heteroatoms. The third-order valence-electron chi connectivity index (χ3n) is 8.28. The molecule has 2 atom stereocenters. The summed E-state index contributed by atoms with van der Waals surface area (Å²) >= 11 is 0.